The molecule has 0 fully saturated rings. The Hall–Kier alpha value is -1.90. The van der Waals surface area contributed by atoms with Crippen molar-refractivity contribution >= 4 is 10.0 Å². The highest BCUT2D eigenvalue weighted by Gasteiger charge is 2.20. The molecule has 4 nitrogen and oxygen atoms in total. The van der Waals surface area contributed by atoms with Crippen molar-refractivity contribution in [1.29, 1.82) is 0 Å². The minimum Gasteiger partial charge on any atom is -0.323 e. The van der Waals surface area contributed by atoms with Gasteiger partial charge in [-0.2, -0.15) is 0 Å². The van der Waals surface area contributed by atoms with Gasteiger partial charge in [-0.05, 0) is 17.7 Å². The lowest BCUT2D eigenvalue weighted by molar-refractivity contribution is 0.442. The van der Waals surface area contributed by atoms with Gasteiger partial charge in [0.1, 0.15) is 0 Å². The van der Waals surface area contributed by atoms with Gasteiger partial charge in [-0.15, -0.1) is 0 Å². The second-order valence-electron chi connectivity index (χ2n) is 4.57. The summed E-state index contributed by atoms with van der Waals surface area (Å²) in [6.45, 7) is -0.174. The maximum Gasteiger partial charge on any atom is 0.240 e. The summed E-state index contributed by atoms with van der Waals surface area (Å²) in [5, 5.41) is 0. The van der Waals surface area contributed by atoms with Gasteiger partial charge < -0.3 is 5.73 Å². The predicted octanol–water partition coefficient (Wildman–Crippen LogP) is 2.08. The molecule has 0 heterocycles. The third kappa shape index (κ3) is 3.65. The first-order chi connectivity index (χ1) is 10.3. The Morgan fingerprint density at radius 2 is 1.59 bits per heavy atom. The molecular weight excluding hydrogens is 317 g/mol. The molecule has 0 aliphatic rings. The largest absolute Gasteiger partial charge is 0.323 e. The van der Waals surface area contributed by atoms with Gasteiger partial charge >= 0.3 is 0 Å². The van der Waals surface area contributed by atoms with Crippen molar-refractivity contribution in [3.63, 3.8) is 0 Å². The molecule has 0 aliphatic heterocycles. The minimum atomic E-state index is -4.20. The highest BCUT2D eigenvalue weighted by atomic mass is 32.2. The second kappa shape index (κ2) is 6.47. The number of halogens is 3. The summed E-state index contributed by atoms with van der Waals surface area (Å²) in [7, 11) is -4.20. The molecule has 0 amide bonds. The van der Waals surface area contributed by atoms with E-state index in [9.17, 15) is 21.6 Å². The van der Waals surface area contributed by atoms with Gasteiger partial charge in [0.25, 0.3) is 0 Å². The monoisotopic (exact) mass is 330 g/mol. The molecule has 0 radical (unpaired) electrons. The molecule has 2 aromatic carbocycles. The summed E-state index contributed by atoms with van der Waals surface area (Å²) in [4.78, 5) is -0.704. The van der Waals surface area contributed by atoms with Crippen molar-refractivity contribution in [2.24, 2.45) is 5.73 Å². The third-order valence-corrected chi connectivity index (χ3v) is 4.39. The molecule has 8 heteroatoms. The van der Waals surface area contributed by atoms with Crippen molar-refractivity contribution in [2.45, 2.75) is 10.9 Å². The van der Waals surface area contributed by atoms with Crippen molar-refractivity contribution in [3.05, 3.63) is 65.5 Å². The summed E-state index contributed by atoms with van der Waals surface area (Å²) in [5.74, 6) is -4.87. The first-order valence-corrected chi connectivity index (χ1v) is 7.74. The lowest BCUT2D eigenvalue weighted by Crippen LogP contribution is -2.32. The smallest absolute Gasteiger partial charge is 0.240 e. The lowest BCUT2D eigenvalue weighted by atomic mass is 10.1. The number of hydrogen-bond acceptors (Lipinski definition) is 3. The van der Waals surface area contributed by atoms with E-state index < -0.39 is 38.4 Å². The van der Waals surface area contributed by atoms with Crippen LogP contribution < -0.4 is 10.5 Å². The Kier molecular flexibility index (Phi) is 4.84. The van der Waals surface area contributed by atoms with Crippen LogP contribution in [-0.2, 0) is 10.0 Å². The Bertz CT molecular complexity index is 744. The number of hydrogen-bond donors (Lipinski definition) is 2. The fraction of sp³-hybridized carbons (Fsp3) is 0.143. The predicted molar refractivity (Wildman–Crippen MR) is 74.9 cm³/mol. The van der Waals surface area contributed by atoms with Crippen LogP contribution in [0.5, 0.6) is 0 Å². The molecule has 2 rings (SSSR count). The summed E-state index contributed by atoms with van der Waals surface area (Å²) in [6, 6.07) is 8.90. The van der Waals surface area contributed by atoms with E-state index in [0.717, 1.165) is 0 Å². The van der Waals surface area contributed by atoms with Crippen molar-refractivity contribution in [1.82, 2.24) is 4.72 Å². The molecule has 0 aromatic heterocycles. The van der Waals surface area contributed by atoms with Crippen LogP contribution in [-0.4, -0.2) is 15.0 Å². The zero-order valence-electron chi connectivity index (χ0n) is 11.3. The zero-order chi connectivity index (χ0) is 16.3. The van der Waals surface area contributed by atoms with Crippen LogP contribution in [0.2, 0.25) is 0 Å². The molecule has 0 saturated carbocycles. The fourth-order valence-electron chi connectivity index (χ4n) is 1.79. The van der Waals surface area contributed by atoms with Crippen molar-refractivity contribution < 1.29 is 21.6 Å². The van der Waals surface area contributed by atoms with Crippen LogP contribution in [0.4, 0.5) is 13.2 Å². The van der Waals surface area contributed by atoms with Gasteiger partial charge in [-0.25, -0.2) is 26.3 Å². The van der Waals surface area contributed by atoms with Gasteiger partial charge in [0, 0.05) is 12.6 Å². The Balaban J connectivity index is 2.15. The van der Waals surface area contributed by atoms with Crippen LogP contribution in [0.3, 0.4) is 0 Å². The summed E-state index contributed by atoms with van der Waals surface area (Å²) < 4.78 is 65.1. The molecule has 1 unspecified atom stereocenters. The number of nitrogens with one attached hydrogen (secondary N) is 1. The first kappa shape index (κ1) is 16.5. The van der Waals surface area contributed by atoms with E-state index in [4.69, 9.17) is 5.73 Å². The number of benzene rings is 2. The maximum atomic E-state index is 13.1. The summed E-state index contributed by atoms with van der Waals surface area (Å²) in [6.07, 6.45) is 0. The molecule has 1 atom stereocenters. The van der Waals surface area contributed by atoms with Gasteiger partial charge in [0.15, 0.2) is 17.5 Å². The maximum absolute atomic E-state index is 13.1. The van der Waals surface area contributed by atoms with Crippen LogP contribution in [0.15, 0.2) is 47.4 Å². The first-order valence-electron chi connectivity index (χ1n) is 6.26. The van der Waals surface area contributed by atoms with E-state index >= 15 is 0 Å². The molecule has 0 spiro atoms. The van der Waals surface area contributed by atoms with E-state index in [1.54, 1.807) is 30.3 Å². The Morgan fingerprint density at radius 3 is 2.14 bits per heavy atom. The highest BCUT2D eigenvalue weighted by Crippen LogP contribution is 2.18. The van der Waals surface area contributed by atoms with Gasteiger partial charge in [0.05, 0.1) is 4.90 Å². The molecule has 3 N–H and O–H groups in total. The lowest BCUT2D eigenvalue weighted by Gasteiger charge is -2.13. The van der Waals surface area contributed by atoms with Crippen molar-refractivity contribution in [2.75, 3.05) is 6.54 Å². The second-order valence-corrected chi connectivity index (χ2v) is 6.34. The fourth-order valence-corrected chi connectivity index (χ4v) is 2.87. The average Bonchev–Trinajstić information content (AvgIpc) is 2.50. The Morgan fingerprint density at radius 1 is 1.05 bits per heavy atom. The summed E-state index contributed by atoms with van der Waals surface area (Å²) in [5.41, 5.74) is 6.53. The number of sulfonamides is 1. The van der Waals surface area contributed by atoms with Crippen molar-refractivity contribution in [3.8, 4) is 0 Å². The van der Waals surface area contributed by atoms with Crippen LogP contribution in [0.1, 0.15) is 11.6 Å². The SMILES string of the molecule is NC(CNS(=O)(=O)c1cc(F)c(F)c(F)c1)c1ccccc1. The third-order valence-electron chi connectivity index (χ3n) is 2.99. The van der Waals surface area contributed by atoms with Crippen LogP contribution >= 0.6 is 0 Å². The van der Waals surface area contributed by atoms with E-state index in [2.05, 4.69) is 4.72 Å². The molecule has 118 valence electrons. The highest BCUT2D eigenvalue weighted by molar-refractivity contribution is 7.89. The normalized spacial score (nSPS) is 13.1. The Labute approximate surface area is 125 Å². The molecule has 0 bridgehead atoms. The topological polar surface area (TPSA) is 72.2 Å². The molecule has 0 saturated heterocycles. The average molecular weight is 330 g/mol. The van der Waals surface area contributed by atoms with Gasteiger partial charge in [-0.1, -0.05) is 30.3 Å². The zero-order valence-corrected chi connectivity index (χ0v) is 12.1. The number of rotatable bonds is 5. The van der Waals surface area contributed by atoms with Gasteiger partial charge in [-0.3, -0.25) is 0 Å². The molecule has 2 aromatic rings. The quantitative estimate of drug-likeness (QED) is 0.825. The molecule has 0 aliphatic carbocycles. The van der Waals surface area contributed by atoms with Gasteiger partial charge in [0.2, 0.25) is 10.0 Å². The van der Waals surface area contributed by atoms with E-state index in [-0.39, 0.29) is 6.54 Å². The van der Waals surface area contributed by atoms with E-state index in [1.165, 1.54) is 0 Å². The minimum absolute atomic E-state index is 0.174. The van der Waals surface area contributed by atoms with Crippen LogP contribution in [0.25, 0.3) is 0 Å². The summed E-state index contributed by atoms with van der Waals surface area (Å²) >= 11 is 0. The standard InChI is InChI=1S/C14H13F3N2O2S/c15-11-6-10(7-12(16)14(11)17)22(20,21)19-8-13(18)9-4-2-1-3-5-9/h1-7,13,19H,8,18H2. The van der Waals surface area contributed by atoms with E-state index in [1.807, 2.05) is 0 Å². The van der Waals surface area contributed by atoms with Crippen LogP contribution in [0, 0.1) is 17.5 Å². The molecule has 22 heavy (non-hydrogen) atoms. The number of nitrogens with two attached hydrogens (primary N) is 1. The van der Waals surface area contributed by atoms with E-state index in [0.29, 0.717) is 17.7 Å². The molecular formula is C14H13F3N2O2S.